The second-order valence-electron chi connectivity index (χ2n) is 3.92. The van der Waals surface area contributed by atoms with Crippen molar-refractivity contribution >= 4 is 20.8 Å². The Morgan fingerprint density at radius 3 is 2.55 bits per heavy atom. The molecule has 0 fully saturated rings. The Labute approximate surface area is 119 Å². The minimum Gasteiger partial charge on any atom is -0.465 e. The quantitative estimate of drug-likeness (QED) is 0.301. The third-order valence-electron chi connectivity index (χ3n) is 2.73. The Bertz CT molecular complexity index is 402. The molecule has 0 bridgehead atoms. The Morgan fingerprint density at radius 1 is 1.30 bits per heavy atom. The Hall–Kier alpha value is -1.41. The second-order valence-corrected chi connectivity index (χ2v) is 7.01. The van der Waals surface area contributed by atoms with E-state index in [1.807, 2.05) is 0 Å². The smallest absolute Gasteiger partial charge is 0.465 e. The second kappa shape index (κ2) is 8.70. The molecule has 0 radical (unpaired) electrons. The van der Waals surface area contributed by atoms with Crippen molar-refractivity contribution in [2.24, 2.45) is 0 Å². The van der Waals surface area contributed by atoms with Gasteiger partial charge in [-0.25, -0.2) is 4.79 Å². The summed E-state index contributed by atoms with van der Waals surface area (Å²) in [5.41, 5.74) is 0. The lowest BCUT2D eigenvalue weighted by Crippen LogP contribution is -2.42. The maximum atomic E-state index is 11.4. The molecule has 1 rings (SSSR count). The summed E-state index contributed by atoms with van der Waals surface area (Å²) in [4.78, 5) is 11.4. The first-order valence-electron chi connectivity index (χ1n) is 6.19. The maximum Gasteiger partial charge on any atom is 0.500 e. The molecule has 0 N–H and O–H groups in total. The summed E-state index contributed by atoms with van der Waals surface area (Å²) in [7, 11) is 2.08. The standard InChI is InChI=1S/C13H20O6Si/c1-15-20(16-2,17-3)11-5-10-19-13(14)8-7-12-6-4-9-18-12/h4,6-9H,5,10-11H2,1-3H3/b8-7+. The van der Waals surface area contributed by atoms with Crippen LogP contribution in [0.2, 0.25) is 6.04 Å². The van der Waals surface area contributed by atoms with E-state index in [1.165, 1.54) is 12.3 Å². The highest BCUT2D eigenvalue weighted by Gasteiger charge is 2.36. The third kappa shape index (κ3) is 5.30. The summed E-state index contributed by atoms with van der Waals surface area (Å²) in [5, 5.41) is 0. The average molecular weight is 300 g/mol. The van der Waals surface area contributed by atoms with Crippen molar-refractivity contribution in [3.8, 4) is 0 Å². The van der Waals surface area contributed by atoms with Gasteiger partial charge < -0.3 is 22.4 Å². The van der Waals surface area contributed by atoms with E-state index in [-0.39, 0.29) is 6.61 Å². The number of furan rings is 1. The predicted molar refractivity (Wildman–Crippen MR) is 74.9 cm³/mol. The Morgan fingerprint density at radius 2 is 2.00 bits per heavy atom. The average Bonchev–Trinajstić information content (AvgIpc) is 2.99. The highest BCUT2D eigenvalue weighted by molar-refractivity contribution is 6.60. The molecule has 1 aromatic rings. The molecule has 1 heterocycles. The van der Waals surface area contributed by atoms with Gasteiger partial charge in [-0.2, -0.15) is 0 Å². The fourth-order valence-electron chi connectivity index (χ4n) is 1.60. The van der Waals surface area contributed by atoms with Crippen LogP contribution in [0.5, 0.6) is 0 Å². The first-order chi connectivity index (χ1) is 9.65. The van der Waals surface area contributed by atoms with Crippen LogP contribution in [0.4, 0.5) is 0 Å². The molecule has 0 saturated heterocycles. The lowest BCUT2D eigenvalue weighted by molar-refractivity contribution is -0.137. The van der Waals surface area contributed by atoms with E-state index in [0.717, 1.165) is 0 Å². The minimum absolute atomic E-state index is 0.284. The molecule has 0 saturated carbocycles. The molecule has 0 aliphatic heterocycles. The van der Waals surface area contributed by atoms with Crippen LogP contribution in [0.25, 0.3) is 6.08 Å². The molecular weight excluding hydrogens is 280 g/mol. The molecule has 7 heteroatoms. The lowest BCUT2D eigenvalue weighted by Gasteiger charge is -2.23. The zero-order chi connectivity index (χ0) is 14.8. The van der Waals surface area contributed by atoms with Crippen LogP contribution in [0, 0.1) is 0 Å². The van der Waals surface area contributed by atoms with Crippen LogP contribution in [0.3, 0.4) is 0 Å². The number of rotatable bonds is 9. The van der Waals surface area contributed by atoms with Gasteiger partial charge in [-0.1, -0.05) is 0 Å². The molecule has 0 spiro atoms. The zero-order valence-electron chi connectivity index (χ0n) is 12.0. The van der Waals surface area contributed by atoms with Crippen LogP contribution < -0.4 is 0 Å². The summed E-state index contributed by atoms with van der Waals surface area (Å²) >= 11 is 0. The molecule has 0 aliphatic carbocycles. The van der Waals surface area contributed by atoms with Gasteiger partial charge in [-0.15, -0.1) is 0 Å². The molecule has 0 amide bonds. The van der Waals surface area contributed by atoms with Gasteiger partial charge in [-0.05, 0) is 24.6 Å². The first kappa shape index (κ1) is 16.6. The van der Waals surface area contributed by atoms with Crippen molar-refractivity contribution in [1.82, 2.24) is 0 Å². The van der Waals surface area contributed by atoms with Gasteiger partial charge >= 0.3 is 14.8 Å². The van der Waals surface area contributed by atoms with Gasteiger partial charge in [-0.3, -0.25) is 0 Å². The summed E-state index contributed by atoms with van der Waals surface area (Å²) in [5.74, 6) is 0.187. The fourth-order valence-corrected chi connectivity index (χ4v) is 3.29. The SMILES string of the molecule is CO[Si](CCCOC(=O)/C=C/c1ccco1)(OC)OC. The zero-order valence-corrected chi connectivity index (χ0v) is 13.0. The van der Waals surface area contributed by atoms with Gasteiger partial charge in [0.15, 0.2) is 0 Å². The molecule has 112 valence electrons. The van der Waals surface area contributed by atoms with Crippen LogP contribution in [-0.4, -0.2) is 42.7 Å². The number of esters is 1. The van der Waals surface area contributed by atoms with Crippen LogP contribution in [0.1, 0.15) is 12.2 Å². The number of hydrogen-bond donors (Lipinski definition) is 0. The van der Waals surface area contributed by atoms with Crippen LogP contribution >= 0.6 is 0 Å². The first-order valence-corrected chi connectivity index (χ1v) is 8.13. The van der Waals surface area contributed by atoms with Gasteiger partial charge in [0, 0.05) is 33.4 Å². The molecule has 1 aromatic heterocycles. The van der Waals surface area contributed by atoms with Gasteiger partial charge in [0.25, 0.3) is 0 Å². The van der Waals surface area contributed by atoms with Crippen molar-refractivity contribution in [2.45, 2.75) is 12.5 Å². The molecule has 0 unspecified atom stereocenters. The third-order valence-corrected chi connectivity index (χ3v) is 5.56. The van der Waals surface area contributed by atoms with Crippen molar-refractivity contribution < 1.29 is 27.2 Å². The van der Waals surface area contributed by atoms with Crippen LogP contribution in [0.15, 0.2) is 28.9 Å². The van der Waals surface area contributed by atoms with E-state index in [9.17, 15) is 4.79 Å². The van der Waals surface area contributed by atoms with E-state index in [1.54, 1.807) is 39.5 Å². The van der Waals surface area contributed by atoms with Crippen molar-refractivity contribution in [1.29, 1.82) is 0 Å². The molecule has 0 aromatic carbocycles. The summed E-state index contributed by atoms with van der Waals surface area (Å²) < 4.78 is 25.9. The number of ether oxygens (including phenoxy) is 1. The van der Waals surface area contributed by atoms with E-state index < -0.39 is 14.8 Å². The molecular formula is C13H20O6Si. The molecule has 20 heavy (non-hydrogen) atoms. The highest BCUT2D eigenvalue weighted by Crippen LogP contribution is 2.14. The van der Waals surface area contributed by atoms with Crippen molar-refractivity contribution in [2.75, 3.05) is 27.9 Å². The number of hydrogen-bond acceptors (Lipinski definition) is 6. The predicted octanol–water partition coefficient (Wildman–Crippen LogP) is 2.10. The molecule has 0 atom stereocenters. The Balaban J connectivity index is 2.25. The van der Waals surface area contributed by atoms with Gasteiger partial charge in [0.2, 0.25) is 0 Å². The number of carbonyl (C=O) groups excluding carboxylic acids is 1. The van der Waals surface area contributed by atoms with Crippen molar-refractivity contribution in [3.05, 3.63) is 30.2 Å². The lowest BCUT2D eigenvalue weighted by atomic mass is 10.4. The normalized spacial score (nSPS) is 11.9. The highest BCUT2D eigenvalue weighted by atomic mass is 28.4. The van der Waals surface area contributed by atoms with Crippen molar-refractivity contribution in [3.63, 3.8) is 0 Å². The Kier molecular flexibility index (Phi) is 7.24. The topological polar surface area (TPSA) is 67.1 Å². The van der Waals surface area contributed by atoms with E-state index >= 15 is 0 Å². The summed E-state index contributed by atoms with van der Waals surface area (Å²) in [6, 6.07) is 4.08. The fraction of sp³-hybridized carbons (Fsp3) is 0.462. The van der Waals surface area contributed by atoms with Crippen LogP contribution in [-0.2, 0) is 22.8 Å². The van der Waals surface area contributed by atoms with E-state index in [4.69, 9.17) is 22.4 Å². The van der Waals surface area contributed by atoms with Gasteiger partial charge in [0.05, 0.1) is 12.9 Å². The summed E-state index contributed by atoms with van der Waals surface area (Å²) in [6.45, 7) is 0.284. The number of carbonyl (C=O) groups is 1. The van der Waals surface area contributed by atoms with E-state index in [0.29, 0.717) is 18.2 Å². The molecule has 6 nitrogen and oxygen atoms in total. The monoisotopic (exact) mass is 300 g/mol. The maximum absolute atomic E-state index is 11.4. The summed E-state index contributed by atoms with van der Waals surface area (Å²) in [6.07, 6.45) is 5.03. The minimum atomic E-state index is -2.58. The largest absolute Gasteiger partial charge is 0.500 e. The van der Waals surface area contributed by atoms with E-state index in [2.05, 4.69) is 0 Å². The van der Waals surface area contributed by atoms with Gasteiger partial charge in [0.1, 0.15) is 5.76 Å². The molecule has 0 aliphatic rings.